The first-order chi connectivity index (χ1) is 8.32. The first-order valence-electron chi connectivity index (χ1n) is 4.98. The normalized spacial score (nSPS) is 10.4. The Morgan fingerprint density at radius 1 is 1.17 bits per heavy atom. The van der Waals surface area contributed by atoms with Gasteiger partial charge in [0.25, 0.3) is 0 Å². The van der Waals surface area contributed by atoms with Gasteiger partial charge in [-0.25, -0.2) is 0 Å². The van der Waals surface area contributed by atoms with E-state index in [1.165, 1.54) is 0 Å². The molecule has 0 aliphatic heterocycles. The predicted octanol–water partition coefficient (Wildman–Crippen LogP) is 2.55. The van der Waals surface area contributed by atoms with Gasteiger partial charge in [0, 0.05) is 17.1 Å². The molecule has 0 heterocycles. The maximum Gasteiger partial charge on any atom is 0.303 e. The second kappa shape index (κ2) is 7.22. The number of benzene rings is 1. The van der Waals surface area contributed by atoms with Crippen molar-refractivity contribution in [2.75, 3.05) is 0 Å². The molecule has 1 aromatic rings. The lowest BCUT2D eigenvalue weighted by Gasteiger charge is -2.13. The molecule has 1 rings (SSSR count). The molecule has 0 fully saturated rings. The van der Waals surface area contributed by atoms with Crippen LogP contribution in [0.25, 0.3) is 0 Å². The Morgan fingerprint density at radius 3 is 2.22 bits per heavy atom. The Morgan fingerprint density at radius 2 is 1.72 bits per heavy atom. The third-order valence-electron chi connectivity index (χ3n) is 2.30. The molecule has 4 nitrogen and oxygen atoms in total. The summed E-state index contributed by atoms with van der Waals surface area (Å²) in [5, 5.41) is 8.75. The molecule has 0 saturated heterocycles. The van der Waals surface area contributed by atoms with Crippen LogP contribution < -0.4 is 5.73 Å². The topological polar surface area (TPSA) is 80.4 Å². The summed E-state index contributed by atoms with van der Waals surface area (Å²) in [6.07, 6.45) is 0.741. The van der Waals surface area contributed by atoms with Gasteiger partial charge in [0.05, 0.1) is 6.42 Å². The Hall–Kier alpha value is 0.350. The third-order valence-corrected chi connectivity index (χ3v) is 5.53. The number of hydrogen-bond donors (Lipinski definition) is 2. The standard InChI is InChI=1S/C11H10I3NO3/c12-7-4-8(13)6(3-9(15)16)11(14)5(7)1-2-10(17)18/h4H,1-3H2,(H2,15,16)(H,17,18). The Labute approximate surface area is 145 Å². The molecule has 3 N–H and O–H groups in total. The first-order valence-corrected chi connectivity index (χ1v) is 8.22. The van der Waals surface area contributed by atoms with E-state index in [0.29, 0.717) is 6.42 Å². The van der Waals surface area contributed by atoms with Crippen molar-refractivity contribution < 1.29 is 14.7 Å². The van der Waals surface area contributed by atoms with Crippen LogP contribution in [0.5, 0.6) is 0 Å². The smallest absolute Gasteiger partial charge is 0.303 e. The van der Waals surface area contributed by atoms with Crippen molar-refractivity contribution in [3.05, 3.63) is 27.9 Å². The van der Waals surface area contributed by atoms with Gasteiger partial charge in [0.1, 0.15) is 0 Å². The minimum atomic E-state index is -0.823. The fourth-order valence-corrected chi connectivity index (χ4v) is 5.77. The highest BCUT2D eigenvalue weighted by molar-refractivity contribution is 14.1. The summed E-state index contributed by atoms with van der Waals surface area (Å²) in [5.74, 6) is -1.20. The fraction of sp³-hybridized carbons (Fsp3) is 0.273. The largest absolute Gasteiger partial charge is 0.481 e. The first kappa shape index (κ1) is 16.4. The van der Waals surface area contributed by atoms with Gasteiger partial charge in [0.15, 0.2) is 0 Å². The van der Waals surface area contributed by atoms with Crippen LogP contribution in [0.1, 0.15) is 17.5 Å². The summed E-state index contributed by atoms with van der Waals surface area (Å²) >= 11 is 6.52. The maximum absolute atomic E-state index is 11.1. The number of nitrogens with two attached hydrogens (primary N) is 1. The summed E-state index contributed by atoms with van der Waals surface area (Å²) in [7, 11) is 0. The molecule has 0 aliphatic rings. The van der Waals surface area contributed by atoms with Crippen LogP contribution in [0.4, 0.5) is 0 Å². The van der Waals surface area contributed by atoms with Gasteiger partial charge in [-0.2, -0.15) is 0 Å². The van der Waals surface area contributed by atoms with Crippen molar-refractivity contribution in [2.24, 2.45) is 5.73 Å². The summed E-state index contributed by atoms with van der Waals surface area (Å²) in [5.41, 5.74) is 7.11. The van der Waals surface area contributed by atoms with E-state index in [4.69, 9.17) is 10.8 Å². The van der Waals surface area contributed by atoms with Crippen molar-refractivity contribution in [1.29, 1.82) is 0 Å². The molecule has 0 radical (unpaired) electrons. The molecule has 0 saturated carbocycles. The number of primary amides is 1. The van der Waals surface area contributed by atoms with Crippen molar-refractivity contribution in [2.45, 2.75) is 19.3 Å². The zero-order valence-electron chi connectivity index (χ0n) is 9.17. The molecule has 7 heteroatoms. The van der Waals surface area contributed by atoms with Crippen LogP contribution in [0.15, 0.2) is 6.07 Å². The maximum atomic E-state index is 11.1. The second-order valence-corrected chi connectivity index (χ2v) is 7.05. The number of carbonyl (C=O) groups is 2. The minimum Gasteiger partial charge on any atom is -0.481 e. The van der Waals surface area contributed by atoms with Crippen LogP contribution in [0.2, 0.25) is 0 Å². The molecule has 1 amide bonds. The number of halogens is 3. The average Bonchev–Trinajstić information content (AvgIpc) is 2.23. The molecule has 1 aromatic carbocycles. The second-order valence-electron chi connectivity index (χ2n) is 3.65. The lowest BCUT2D eigenvalue weighted by Crippen LogP contribution is -2.16. The van der Waals surface area contributed by atoms with Crippen LogP contribution in [0.3, 0.4) is 0 Å². The van der Waals surface area contributed by atoms with Gasteiger partial charge in [-0.3, -0.25) is 9.59 Å². The van der Waals surface area contributed by atoms with Crippen molar-refractivity contribution in [3.8, 4) is 0 Å². The Kier molecular flexibility index (Phi) is 6.58. The number of carbonyl (C=O) groups excluding carboxylic acids is 1. The van der Waals surface area contributed by atoms with Gasteiger partial charge >= 0.3 is 5.97 Å². The molecular weight excluding hydrogens is 575 g/mol. The molecule has 18 heavy (non-hydrogen) atoms. The van der Waals surface area contributed by atoms with E-state index >= 15 is 0 Å². The molecule has 98 valence electrons. The van der Waals surface area contributed by atoms with E-state index in [0.717, 1.165) is 21.8 Å². The highest BCUT2D eigenvalue weighted by Gasteiger charge is 2.16. The average molecular weight is 585 g/mol. The van der Waals surface area contributed by atoms with Crippen molar-refractivity contribution >= 4 is 79.6 Å². The van der Waals surface area contributed by atoms with Gasteiger partial charge in [0.2, 0.25) is 5.91 Å². The van der Waals surface area contributed by atoms with Gasteiger partial charge in [-0.1, -0.05) is 0 Å². The summed E-state index contributed by atoms with van der Waals surface area (Å²) in [6, 6.07) is 1.96. The number of amides is 1. The highest BCUT2D eigenvalue weighted by atomic mass is 127. The van der Waals surface area contributed by atoms with E-state index in [9.17, 15) is 9.59 Å². The Bertz CT molecular complexity index is 503. The number of carboxylic acid groups (broad SMARTS) is 1. The highest BCUT2D eigenvalue weighted by Crippen LogP contribution is 2.29. The van der Waals surface area contributed by atoms with E-state index < -0.39 is 5.97 Å². The molecule has 0 spiro atoms. The van der Waals surface area contributed by atoms with Gasteiger partial charge in [-0.05, 0) is 91.4 Å². The van der Waals surface area contributed by atoms with E-state index in [-0.39, 0.29) is 18.7 Å². The van der Waals surface area contributed by atoms with Crippen molar-refractivity contribution in [3.63, 3.8) is 0 Å². The molecule has 0 bridgehead atoms. The van der Waals surface area contributed by atoms with Crippen LogP contribution >= 0.6 is 67.8 Å². The number of rotatable bonds is 5. The summed E-state index contributed by atoms with van der Waals surface area (Å²) in [6.45, 7) is 0. The number of hydrogen-bond acceptors (Lipinski definition) is 2. The summed E-state index contributed by atoms with van der Waals surface area (Å²) in [4.78, 5) is 21.7. The third kappa shape index (κ3) is 4.47. The molecule has 0 aromatic heterocycles. The molecule has 0 unspecified atom stereocenters. The molecular formula is C11H10I3NO3. The SMILES string of the molecule is NC(=O)Cc1c(I)cc(I)c(CCC(=O)O)c1I. The quantitative estimate of drug-likeness (QED) is 0.522. The van der Waals surface area contributed by atoms with E-state index in [1.807, 2.05) is 6.07 Å². The number of aliphatic carboxylic acids is 1. The van der Waals surface area contributed by atoms with Crippen LogP contribution in [-0.4, -0.2) is 17.0 Å². The van der Waals surface area contributed by atoms with Crippen molar-refractivity contribution in [1.82, 2.24) is 0 Å². The predicted molar refractivity (Wildman–Crippen MR) is 93.4 cm³/mol. The summed E-state index contributed by atoms with van der Waals surface area (Å²) < 4.78 is 2.96. The zero-order chi connectivity index (χ0) is 13.9. The van der Waals surface area contributed by atoms with Crippen LogP contribution in [0, 0.1) is 10.7 Å². The van der Waals surface area contributed by atoms with E-state index in [1.54, 1.807) is 0 Å². The minimum absolute atomic E-state index is 0.0859. The van der Waals surface area contributed by atoms with Crippen LogP contribution in [-0.2, 0) is 22.4 Å². The Balaban J connectivity index is 3.17. The molecule has 0 aliphatic carbocycles. The lowest BCUT2D eigenvalue weighted by molar-refractivity contribution is -0.137. The monoisotopic (exact) mass is 585 g/mol. The van der Waals surface area contributed by atoms with Gasteiger partial charge in [-0.15, -0.1) is 0 Å². The van der Waals surface area contributed by atoms with Gasteiger partial charge < -0.3 is 10.8 Å². The van der Waals surface area contributed by atoms with E-state index in [2.05, 4.69) is 67.8 Å². The fourth-order valence-electron chi connectivity index (χ4n) is 1.47. The lowest BCUT2D eigenvalue weighted by atomic mass is 10.0. The number of carboxylic acids is 1. The zero-order valence-corrected chi connectivity index (χ0v) is 15.6. The molecule has 0 atom stereocenters.